The van der Waals surface area contributed by atoms with Crippen molar-refractivity contribution in [3.63, 3.8) is 0 Å². The molecule has 2 aromatic rings. The van der Waals surface area contributed by atoms with Crippen molar-refractivity contribution in [3.8, 4) is 11.5 Å². The van der Waals surface area contributed by atoms with Crippen molar-refractivity contribution in [1.82, 2.24) is 4.98 Å². The maximum Gasteiger partial charge on any atom is 0.373 e. The lowest BCUT2D eigenvalue weighted by atomic mass is 10.1. The van der Waals surface area contributed by atoms with Crippen LogP contribution in [0.15, 0.2) is 27.1 Å². The number of aryl methyl sites for hydroxylation is 2. The molecule has 1 aromatic carbocycles. The largest absolute Gasteiger partial charge is 0.475 e. The number of hydrogen-bond donors (Lipinski definition) is 1. The molecule has 0 unspecified atom stereocenters. The van der Waals surface area contributed by atoms with Crippen LogP contribution in [0, 0.1) is 6.92 Å². The average molecular weight is 310 g/mol. The lowest BCUT2D eigenvalue weighted by molar-refractivity contribution is 0.0662. The third-order valence-electron chi connectivity index (χ3n) is 2.65. The number of oxazole rings is 1. The quantitative estimate of drug-likeness (QED) is 0.939. The van der Waals surface area contributed by atoms with E-state index in [4.69, 9.17) is 9.52 Å². The summed E-state index contributed by atoms with van der Waals surface area (Å²) in [7, 11) is 0. The number of carboxylic acids is 1. The van der Waals surface area contributed by atoms with E-state index >= 15 is 0 Å². The Hall–Kier alpha value is -1.62. The molecule has 0 saturated carbocycles. The monoisotopic (exact) mass is 309 g/mol. The van der Waals surface area contributed by atoms with Gasteiger partial charge in [-0.15, -0.1) is 0 Å². The van der Waals surface area contributed by atoms with Crippen molar-refractivity contribution < 1.29 is 14.3 Å². The molecule has 0 radical (unpaired) electrons. The van der Waals surface area contributed by atoms with Gasteiger partial charge in [-0.25, -0.2) is 9.78 Å². The molecule has 0 aliphatic rings. The predicted octanol–water partition coefficient (Wildman–Crippen LogP) is 3.67. The molecule has 1 heterocycles. The zero-order chi connectivity index (χ0) is 13.3. The Kier molecular flexibility index (Phi) is 3.52. The van der Waals surface area contributed by atoms with Gasteiger partial charge in [-0.3, -0.25) is 0 Å². The minimum Gasteiger partial charge on any atom is -0.475 e. The normalized spacial score (nSPS) is 10.6. The van der Waals surface area contributed by atoms with Crippen LogP contribution >= 0.6 is 15.9 Å². The highest BCUT2D eigenvalue weighted by atomic mass is 79.9. The van der Waals surface area contributed by atoms with E-state index in [-0.39, 0.29) is 5.76 Å². The Morgan fingerprint density at radius 1 is 1.50 bits per heavy atom. The summed E-state index contributed by atoms with van der Waals surface area (Å²) in [5, 5.41) is 9.01. The molecule has 94 valence electrons. The fraction of sp³-hybridized carbons (Fsp3) is 0.231. The summed E-state index contributed by atoms with van der Waals surface area (Å²) in [6.45, 7) is 3.82. The van der Waals surface area contributed by atoms with E-state index in [0.717, 1.165) is 15.6 Å². The standard InChI is InChI=1S/C13H12BrNO3/c1-3-10-11(13(16)17)18-12(15-10)8-5-4-7(2)9(14)6-8/h4-6H,3H2,1-2H3,(H,16,17). The minimum absolute atomic E-state index is 0.0794. The number of nitrogens with zero attached hydrogens (tertiary/aromatic N) is 1. The molecule has 0 aliphatic carbocycles. The number of carboxylic acid groups (broad SMARTS) is 1. The summed E-state index contributed by atoms with van der Waals surface area (Å²) in [5.74, 6) is -0.828. The molecular formula is C13H12BrNO3. The summed E-state index contributed by atoms with van der Waals surface area (Å²) < 4.78 is 6.25. The first-order valence-corrected chi connectivity index (χ1v) is 6.31. The average Bonchev–Trinajstić information content (AvgIpc) is 2.77. The number of aromatic carboxylic acids is 1. The van der Waals surface area contributed by atoms with Crippen LogP contribution in [0.3, 0.4) is 0 Å². The van der Waals surface area contributed by atoms with Crippen molar-refractivity contribution in [2.45, 2.75) is 20.3 Å². The molecule has 0 saturated heterocycles. The van der Waals surface area contributed by atoms with Crippen LogP contribution in [0.25, 0.3) is 11.5 Å². The Labute approximate surface area is 113 Å². The van der Waals surface area contributed by atoms with Crippen molar-refractivity contribution in [2.75, 3.05) is 0 Å². The third-order valence-corrected chi connectivity index (χ3v) is 3.50. The number of rotatable bonds is 3. The van der Waals surface area contributed by atoms with E-state index in [1.54, 1.807) is 0 Å². The van der Waals surface area contributed by atoms with Gasteiger partial charge >= 0.3 is 5.97 Å². The van der Waals surface area contributed by atoms with Crippen molar-refractivity contribution in [2.24, 2.45) is 0 Å². The highest BCUT2D eigenvalue weighted by molar-refractivity contribution is 9.10. The summed E-state index contributed by atoms with van der Waals surface area (Å²) in [6.07, 6.45) is 0.526. The molecule has 2 rings (SSSR count). The smallest absolute Gasteiger partial charge is 0.373 e. The van der Waals surface area contributed by atoms with Gasteiger partial charge in [0.2, 0.25) is 11.7 Å². The van der Waals surface area contributed by atoms with Crippen LogP contribution < -0.4 is 0 Å². The second-order valence-electron chi connectivity index (χ2n) is 3.92. The Bertz CT molecular complexity index is 604. The number of hydrogen-bond acceptors (Lipinski definition) is 3. The van der Waals surface area contributed by atoms with Gasteiger partial charge in [0, 0.05) is 10.0 Å². The van der Waals surface area contributed by atoms with E-state index in [9.17, 15) is 4.79 Å². The van der Waals surface area contributed by atoms with Crippen LogP contribution in [-0.2, 0) is 6.42 Å². The molecule has 18 heavy (non-hydrogen) atoms. The lowest BCUT2D eigenvalue weighted by Gasteiger charge is -1.99. The molecule has 0 atom stereocenters. The Morgan fingerprint density at radius 2 is 2.22 bits per heavy atom. The maximum absolute atomic E-state index is 11.0. The highest BCUT2D eigenvalue weighted by Gasteiger charge is 2.19. The maximum atomic E-state index is 11.0. The van der Waals surface area contributed by atoms with Crippen LogP contribution in [-0.4, -0.2) is 16.1 Å². The summed E-state index contributed by atoms with van der Waals surface area (Å²) >= 11 is 3.43. The number of carbonyl (C=O) groups is 1. The van der Waals surface area contributed by atoms with E-state index in [1.807, 2.05) is 32.0 Å². The first-order valence-electron chi connectivity index (χ1n) is 5.52. The second-order valence-corrected chi connectivity index (χ2v) is 4.77. The predicted molar refractivity (Wildman–Crippen MR) is 70.7 cm³/mol. The molecule has 0 bridgehead atoms. The van der Waals surface area contributed by atoms with E-state index < -0.39 is 5.97 Å². The molecule has 0 aliphatic heterocycles. The molecule has 0 spiro atoms. The SMILES string of the molecule is CCc1nc(-c2ccc(C)c(Br)c2)oc1C(=O)O. The minimum atomic E-state index is -1.09. The number of aromatic nitrogens is 1. The fourth-order valence-corrected chi connectivity index (χ4v) is 1.99. The summed E-state index contributed by atoms with van der Waals surface area (Å²) in [5.41, 5.74) is 2.32. The van der Waals surface area contributed by atoms with Crippen molar-refractivity contribution >= 4 is 21.9 Å². The van der Waals surface area contributed by atoms with E-state index in [2.05, 4.69) is 20.9 Å². The molecule has 4 nitrogen and oxygen atoms in total. The summed E-state index contributed by atoms with van der Waals surface area (Å²) in [4.78, 5) is 15.2. The van der Waals surface area contributed by atoms with Crippen molar-refractivity contribution in [1.29, 1.82) is 0 Å². The van der Waals surface area contributed by atoms with Crippen LogP contribution in [0.5, 0.6) is 0 Å². The zero-order valence-electron chi connectivity index (χ0n) is 10.0. The number of benzene rings is 1. The second kappa shape index (κ2) is 4.94. The molecular weight excluding hydrogens is 298 g/mol. The first-order chi connectivity index (χ1) is 8.52. The zero-order valence-corrected chi connectivity index (χ0v) is 11.6. The van der Waals surface area contributed by atoms with Crippen LogP contribution in [0.2, 0.25) is 0 Å². The number of halogens is 1. The topological polar surface area (TPSA) is 63.3 Å². The molecule has 1 N–H and O–H groups in total. The van der Waals surface area contributed by atoms with Crippen LogP contribution in [0.4, 0.5) is 0 Å². The van der Waals surface area contributed by atoms with Gasteiger partial charge in [0.25, 0.3) is 0 Å². The fourth-order valence-electron chi connectivity index (χ4n) is 1.61. The van der Waals surface area contributed by atoms with Gasteiger partial charge in [0.05, 0.1) is 5.69 Å². The Morgan fingerprint density at radius 3 is 2.72 bits per heavy atom. The van der Waals surface area contributed by atoms with E-state index in [1.165, 1.54) is 0 Å². The van der Waals surface area contributed by atoms with Crippen molar-refractivity contribution in [3.05, 3.63) is 39.7 Å². The van der Waals surface area contributed by atoms with Gasteiger partial charge in [-0.05, 0) is 31.0 Å². The van der Waals surface area contributed by atoms with Gasteiger partial charge in [-0.2, -0.15) is 0 Å². The Balaban J connectivity index is 2.50. The highest BCUT2D eigenvalue weighted by Crippen LogP contribution is 2.27. The van der Waals surface area contributed by atoms with Gasteiger partial charge in [-0.1, -0.05) is 28.9 Å². The molecule has 1 aromatic heterocycles. The lowest BCUT2D eigenvalue weighted by Crippen LogP contribution is -1.98. The van der Waals surface area contributed by atoms with Crippen LogP contribution in [0.1, 0.15) is 28.7 Å². The third kappa shape index (κ3) is 2.31. The first kappa shape index (κ1) is 12.8. The molecule has 0 fully saturated rings. The summed E-state index contributed by atoms with van der Waals surface area (Å²) in [6, 6.07) is 5.65. The van der Waals surface area contributed by atoms with Gasteiger partial charge in [0.15, 0.2) is 0 Å². The molecule has 5 heteroatoms. The van der Waals surface area contributed by atoms with E-state index in [0.29, 0.717) is 18.0 Å². The van der Waals surface area contributed by atoms with Gasteiger partial charge < -0.3 is 9.52 Å². The van der Waals surface area contributed by atoms with Gasteiger partial charge in [0.1, 0.15) is 0 Å². The molecule has 0 amide bonds.